The van der Waals surface area contributed by atoms with Gasteiger partial charge in [0.05, 0.1) is 28.3 Å². The van der Waals surface area contributed by atoms with Crippen LogP contribution in [0.2, 0.25) is 0 Å². The van der Waals surface area contributed by atoms with Crippen LogP contribution in [0.4, 0.5) is 5.82 Å². The molecule has 0 aliphatic heterocycles. The number of aromatic nitrogens is 6. The molecule has 1 aliphatic rings. The fourth-order valence-corrected chi connectivity index (χ4v) is 4.64. The van der Waals surface area contributed by atoms with Gasteiger partial charge >= 0.3 is 0 Å². The Hall–Kier alpha value is -2.87. The quantitative estimate of drug-likeness (QED) is 0.586. The van der Waals surface area contributed by atoms with E-state index in [1.165, 1.54) is 10.6 Å². The molecule has 4 heterocycles. The van der Waals surface area contributed by atoms with Crippen molar-refractivity contribution >= 4 is 28.2 Å². The Bertz CT molecular complexity index is 1120. The molecule has 0 bridgehead atoms. The molecule has 0 amide bonds. The van der Waals surface area contributed by atoms with Gasteiger partial charge < -0.3 is 5.32 Å². The number of pyridine rings is 1. The Morgan fingerprint density at radius 1 is 1.22 bits per heavy atom. The molecule has 8 heteroatoms. The maximum Gasteiger partial charge on any atom is 0.165 e. The van der Waals surface area contributed by atoms with E-state index in [-0.39, 0.29) is 6.04 Å². The number of nitrogens with one attached hydrogen (secondary N) is 1. The highest BCUT2D eigenvalue weighted by Crippen LogP contribution is 2.36. The lowest BCUT2D eigenvalue weighted by Gasteiger charge is -2.23. The Morgan fingerprint density at radius 3 is 3.00 bits per heavy atom. The van der Waals surface area contributed by atoms with E-state index in [1.54, 1.807) is 28.4 Å². The molecule has 7 nitrogen and oxygen atoms in total. The molecule has 0 fully saturated rings. The van der Waals surface area contributed by atoms with Gasteiger partial charge in [0, 0.05) is 29.9 Å². The van der Waals surface area contributed by atoms with Crippen LogP contribution >= 0.6 is 11.3 Å². The summed E-state index contributed by atoms with van der Waals surface area (Å²) in [5.74, 6) is 1.45. The van der Waals surface area contributed by atoms with Gasteiger partial charge in [0.15, 0.2) is 11.5 Å². The van der Waals surface area contributed by atoms with Crippen LogP contribution in [0.1, 0.15) is 34.5 Å². The van der Waals surface area contributed by atoms with Crippen LogP contribution in [0.25, 0.3) is 22.4 Å². The van der Waals surface area contributed by atoms with Crippen molar-refractivity contribution in [3.05, 3.63) is 46.3 Å². The Morgan fingerprint density at radius 2 is 2.15 bits per heavy atom. The predicted octanol–water partition coefficient (Wildman–Crippen LogP) is 3.68. The number of hydrogen-bond donors (Lipinski definition) is 1. The van der Waals surface area contributed by atoms with E-state index >= 15 is 0 Å². The van der Waals surface area contributed by atoms with Gasteiger partial charge in [-0.05, 0) is 38.3 Å². The molecule has 4 aromatic heterocycles. The summed E-state index contributed by atoms with van der Waals surface area (Å²) >= 11 is 1.80. The number of thiazole rings is 1. The van der Waals surface area contributed by atoms with Crippen molar-refractivity contribution in [2.45, 2.75) is 32.2 Å². The van der Waals surface area contributed by atoms with E-state index in [1.807, 2.05) is 25.4 Å². The molecule has 0 spiro atoms. The average molecular weight is 377 g/mol. The summed E-state index contributed by atoms with van der Waals surface area (Å²) in [5.41, 5.74) is 2.86. The van der Waals surface area contributed by atoms with E-state index in [0.29, 0.717) is 5.82 Å². The Labute approximate surface area is 160 Å². The zero-order chi connectivity index (χ0) is 18.4. The third kappa shape index (κ3) is 2.86. The molecule has 0 saturated heterocycles. The molecule has 136 valence electrons. The van der Waals surface area contributed by atoms with Gasteiger partial charge in [0.1, 0.15) is 5.82 Å². The number of anilines is 1. The Balaban J connectivity index is 1.61. The predicted molar refractivity (Wildman–Crippen MR) is 106 cm³/mol. The molecular formula is C19H19N7S. The minimum Gasteiger partial charge on any atom is -0.361 e. The van der Waals surface area contributed by atoms with Crippen LogP contribution in [0.15, 0.2) is 30.7 Å². The van der Waals surface area contributed by atoms with Gasteiger partial charge in [0.25, 0.3) is 0 Å². The van der Waals surface area contributed by atoms with Gasteiger partial charge in [-0.2, -0.15) is 5.10 Å². The monoisotopic (exact) mass is 377 g/mol. The van der Waals surface area contributed by atoms with Crippen molar-refractivity contribution in [3.63, 3.8) is 0 Å². The molecule has 0 aromatic carbocycles. The van der Waals surface area contributed by atoms with Crippen LogP contribution in [0.3, 0.4) is 0 Å². The number of rotatable bonds is 3. The number of fused-ring (bicyclic) bond motifs is 2. The summed E-state index contributed by atoms with van der Waals surface area (Å²) < 4.78 is 1.78. The third-order valence-electron chi connectivity index (χ3n) is 4.88. The summed E-state index contributed by atoms with van der Waals surface area (Å²) in [4.78, 5) is 19.9. The first-order valence-electron chi connectivity index (χ1n) is 9.02. The van der Waals surface area contributed by atoms with E-state index in [4.69, 9.17) is 15.0 Å². The maximum absolute atomic E-state index is 4.82. The first kappa shape index (κ1) is 16.3. The summed E-state index contributed by atoms with van der Waals surface area (Å²) in [6.45, 7) is 2.07. The van der Waals surface area contributed by atoms with Crippen molar-refractivity contribution in [2.24, 2.45) is 7.05 Å². The molecule has 4 aromatic rings. The summed E-state index contributed by atoms with van der Waals surface area (Å²) in [6.07, 6.45) is 8.67. The van der Waals surface area contributed by atoms with E-state index in [2.05, 4.69) is 22.3 Å². The van der Waals surface area contributed by atoms with Crippen molar-refractivity contribution < 1.29 is 0 Å². The highest BCUT2D eigenvalue weighted by Gasteiger charge is 2.25. The molecule has 5 rings (SSSR count). The topological polar surface area (TPSA) is 81.4 Å². The first-order chi connectivity index (χ1) is 13.2. The van der Waals surface area contributed by atoms with E-state index < -0.39 is 0 Å². The average Bonchev–Trinajstić information content (AvgIpc) is 3.25. The fourth-order valence-electron chi connectivity index (χ4n) is 3.60. The molecule has 1 atom stereocenters. The van der Waals surface area contributed by atoms with Crippen LogP contribution in [-0.4, -0.2) is 29.7 Å². The van der Waals surface area contributed by atoms with E-state index in [9.17, 15) is 0 Å². The summed E-state index contributed by atoms with van der Waals surface area (Å²) in [6, 6.07) is 4.03. The van der Waals surface area contributed by atoms with E-state index in [0.717, 1.165) is 46.7 Å². The zero-order valence-electron chi connectivity index (χ0n) is 15.2. The molecule has 1 aliphatic carbocycles. The van der Waals surface area contributed by atoms with Crippen LogP contribution in [-0.2, 0) is 13.5 Å². The largest absolute Gasteiger partial charge is 0.361 e. The molecule has 1 unspecified atom stereocenters. The standard InChI is InChI=1S/C19H19N7S/c1-11-22-16-14(6-3-7-15(16)27-11)23-18-13-10-21-26(2)19(13)25-17(24-18)12-5-4-8-20-9-12/h4-5,8-10,14H,3,6-7H2,1-2H3,(H,23,24,25). The maximum atomic E-state index is 4.82. The summed E-state index contributed by atoms with van der Waals surface area (Å²) in [5, 5.41) is 10.1. The van der Waals surface area contributed by atoms with Gasteiger partial charge in [-0.1, -0.05) is 0 Å². The van der Waals surface area contributed by atoms with Crippen molar-refractivity contribution in [1.29, 1.82) is 0 Å². The van der Waals surface area contributed by atoms with Crippen LogP contribution in [0.5, 0.6) is 0 Å². The first-order valence-corrected chi connectivity index (χ1v) is 9.83. The van der Waals surface area contributed by atoms with Crippen LogP contribution < -0.4 is 5.32 Å². The third-order valence-corrected chi connectivity index (χ3v) is 5.93. The smallest absolute Gasteiger partial charge is 0.165 e. The second-order valence-electron chi connectivity index (χ2n) is 6.77. The lowest BCUT2D eigenvalue weighted by molar-refractivity contribution is 0.592. The molecule has 27 heavy (non-hydrogen) atoms. The minimum atomic E-state index is 0.166. The number of aryl methyl sites for hydroxylation is 3. The highest BCUT2D eigenvalue weighted by atomic mass is 32.1. The summed E-state index contributed by atoms with van der Waals surface area (Å²) in [7, 11) is 1.90. The minimum absolute atomic E-state index is 0.166. The molecule has 0 saturated carbocycles. The SMILES string of the molecule is Cc1nc2c(s1)CCCC2Nc1nc(-c2cccnc2)nc2c1cnn2C. The molecular weight excluding hydrogens is 358 g/mol. The second kappa shape index (κ2) is 6.38. The lowest BCUT2D eigenvalue weighted by Crippen LogP contribution is -2.18. The van der Waals surface area contributed by atoms with Gasteiger partial charge in [-0.25, -0.2) is 15.0 Å². The number of hydrogen-bond acceptors (Lipinski definition) is 7. The van der Waals surface area contributed by atoms with Crippen molar-refractivity contribution in [1.82, 2.24) is 29.7 Å². The fraction of sp³-hybridized carbons (Fsp3) is 0.316. The van der Waals surface area contributed by atoms with Gasteiger partial charge in [0.2, 0.25) is 0 Å². The number of nitrogens with zero attached hydrogens (tertiary/aromatic N) is 6. The highest BCUT2D eigenvalue weighted by molar-refractivity contribution is 7.11. The molecule has 0 radical (unpaired) electrons. The van der Waals surface area contributed by atoms with Crippen molar-refractivity contribution in [3.8, 4) is 11.4 Å². The van der Waals surface area contributed by atoms with Crippen LogP contribution in [0, 0.1) is 6.92 Å². The van der Waals surface area contributed by atoms with Gasteiger partial charge in [-0.15, -0.1) is 11.3 Å². The molecule has 1 N–H and O–H groups in total. The lowest BCUT2D eigenvalue weighted by atomic mass is 9.97. The Kier molecular flexibility index (Phi) is 3.86. The normalized spacial score (nSPS) is 16.4. The zero-order valence-corrected chi connectivity index (χ0v) is 16.0. The van der Waals surface area contributed by atoms with Crippen molar-refractivity contribution in [2.75, 3.05) is 5.32 Å². The van der Waals surface area contributed by atoms with Gasteiger partial charge in [-0.3, -0.25) is 9.67 Å². The second-order valence-corrected chi connectivity index (χ2v) is 8.06.